The smallest absolute Gasteiger partial charge is 0.0872 e. The summed E-state index contributed by atoms with van der Waals surface area (Å²) in [7, 11) is 0. The van der Waals surface area contributed by atoms with Crippen LogP contribution in [0.25, 0.3) is 0 Å². The van der Waals surface area contributed by atoms with Crippen molar-refractivity contribution >= 4 is 0 Å². The van der Waals surface area contributed by atoms with Crippen LogP contribution in [0.3, 0.4) is 0 Å². The van der Waals surface area contributed by atoms with Crippen molar-refractivity contribution in [3.8, 4) is 0 Å². The van der Waals surface area contributed by atoms with E-state index in [9.17, 15) is 0 Å². The second-order valence-electron chi connectivity index (χ2n) is 2.39. The molecule has 0 amide bonds. The van der Waals surface area contributed by atoms with Gasteiger partial charge >= 0.3 is 0 Å². The third-order valence-corrected chi connectivity index (χ3v) is 1.62. The Hall–Kier alpha value is -0.0800. The second-order valence-corrected chi connectivity index (χ2v) is 2.39. The monoisotopic (exact) mass is 118 g/mol. The van der Waals surface area contributed by atoms with Crippen LogP contribution in [-0.2, 0) is 0 Å². The van der Waals surface area contributed by atoms with E-state index in [-0.39, 0.29) is 0 Å². The van der Waals surface area contributed by atoms with Gasteiger partial charge in [-0.15, -0.1) is 0 Å². The van der Waals surface area contributed by atoms with Crippen molar-refractivity contribution < 1.29 is 10.2 Å². The Morgan fingerprint density at radius 1 is 1.62 bits per heavy atom. The van der Waals surface area contributed by atoms with Gasteiger partial charge in [0.1, 0.15) is 0 Å². The quantitative estimate of drug-likeness (QED) is 0.555. The minimum absolute atomic E-state index is 0.588. The molecule has 0 aliphatic carbocycles. The highest BCUT2D eigenvalue weighted by atomic mass is 16.3. The van der Waals surface area contributed by atoms with Crippen molar-refractivity contribution in [2.75, 3.05) is 0 Å². The summed E-state index contributed by atoms with van der Waals surface area (Å²) in [5, 5.41) is 18.0. The van der Waals surface area contributed by atoms with E-state index in [4.69, 9.17) is 10.2 Å². The molecule has 0 bridgehead atoms. The van der Waals surface area contributed by atoms with E-state index in [1.807, 2.05) is 6.92 Å². The average molecular weight is 118 g/mol. The summed E-state index contributed by atoms with van der Waals surface area (Å²) >= 11 is 0. The van der Waals surface area contributed by atoms with Crippen LogP contribution in [0.1, 0.15) is 27.2 Å². The van der Waals surface area contributed by atoms with Crippen LogP contribution in [0, 0.1) is 0 Å². The SMILES string of the molecule is CC[C@](C)(O)[C@@H](C)O. The predicted octanol–water partition coefficient (Wildman–Crippen LogP) is 0.528. The van der Waals surface area contributed by atoms with Crippen LogP contribution < -0.4 is 0 Å². The van der Waals surface area contributed by atoms with Crippen LogP contribution in [0.4, 0.5) is 0 Å². The first kappa shape index (κ1) is 7.92. The lowest BCUT2D eigenvalue weighted by Gasteiger charge is -2.24. The Morgan fingerprint density at radius 3 is 2.00 bits per heavy atom. The summed E-state index contributed by atoms with van der Waals surface area (Å²) in [5.41, 5.74) is -0.903. The molecule has 0 aliphatic rings. The molecule has 2 nitrogen and oxygen atoms in total. The number of aliphatic hydroxyl groups excluding tert-OH is 1. The highest BCUT2D eigenvalue weighted by molar-refractivity contribution is 4.75. The predicted molar refractivity (Wildman–Crippen MR) is 32.6 cm³/mol. The molecule has 8 heavy (non-hydrogen) atoms. The summed E-state index contributed by atoms with van der Waals surface area (Å²) in [6, 6.07) is 0. The molecule has 0 fully saturated rings. The third-order valence-electron chi connectivity index (χ3n) is 1.62. The summed E-state index contributed by atoms with van der Waals surface area (Å²) in [5.74, 6) is 0. The van der Waals surface area contributed by atoms with Crippen molar-refractivity contribution in [1.82, 2.24) is 0 Å². The van der Waals surface area contributed by atoms with Gasteiger partial charge in [0.15, 0.2) is 0 Å². The Morgan fingerprint density at radius 2 is 2.00 bits per heavy atom. The van der Waals surface area contributed by atoms with E-state index in [0.717, 1.165) is 0 Å². The molecule has 0 unspecified atom stereocenters. The maximum atomic E-state index is 9.15. The fourth-order valence-corrected chi connectivity index (χ4v) is 0.295. The molecule has 0 radical (unpaired) electrons. The second kappa shape index (κ2) is 2.46. The molecule has 2 atom stereocenters. The first-order chi connectivity index (χ1) is 3.50. The Labute approximate surface area is 50.2 Å². The molecule has 0 saturated heterocycles. The molecule has 0 aromatic carbocycles. The Balaban J connectivity index is 3.71. The van der Waals surface area contributed by atoms with Crippen LogP contribution in [-0.4, -0.2) is 21.9 Å². The van der Waals surface area contributed by atoms with Gasteiger partial charge in [-0.2, -0.15) is 0 Å². The molecule has 0 heterocycles. The van der Waals surface area contributed by atoms with E-state index in [1.165, 1.54) is 0 Å². The van der Waals surface area contributed by atoms with Gasteiger partial charge in [0.2, 0.25) is 0 Å². The number of rotatable bonds is 2. The summed E-state index contributed by atoms with van der Waals surface area (Å²) in [4.78, 5) is 0. The van der Waals surface area contributed by atoms with Gasteiger partial charge in [0, 0.05) is 0 Å². The minimum Gasteiger partial charge on any atom is -0.390 e. The van der Waals surface area contributed by atoms with Gasteiger partial charge in [-0.3, -0.25) is 0 Å². The minimum atomic E-state index is -0.903. The van der Waals surface area contributed by atoms with E-state index in [2.05, 4.69) is 0 Å². The molecule has 2 heteroatoms. The lowest BCUT2D eigenvalue weighted by atomic mass is 9.98. The molecule has 0 saturated carbocycles. The zero-order valence-electron chi connectivity index (χ0n) is 5.68. The Bertz CT molecular complexity index is 66.9. The molecule has 0 rings (SSSR count). The van der Waals surface area contributed by atoms with Gasteiger partial charge in [-0.25, -0.2) is 0 Å². The van der Waals surface area contributed by atoms with Gasteiger partial charge < -0.3 is 10.2 Å². The van der Waals surface area contributed by atoms with Gasteiger partial charge in [-0.05, 0) is 20.3 Å². The molecule has 0 spiro atoms. The topological polar surface area (TPSA) is 40.5 Å². The maximum Gasteiger partial charge on any atom is 0.0872 e. The van der Waals surface area contributed by atoms with E-state index in [0.29, 0.717) is 6.42 Å². The van der Waals surface area contributed by atoms with Crippen molar-refractivity contribution in [2.24, 2.45) is 0 Å². The van der Waals surface area contributed by atoms with Crippen LogP contribution in [0.15, 0.2) is 0 Å². The molecule has 50 valence electrons. The average Bonchev–Trinajstić information content (AvgIpc) is 1.67. The Kier molecular flexibility index (Phi) is 2.44. The van der Waals surface area contributed by atoms with E-state index >= 15 is 0 Å². The molecule has 2 N–H and O–H groups in total. The van der Waals surface area contributed by atoms with Crippen molar-refractivity contribution in [3.63, 3.8) is 0 Å². The largest absolute Gasteiger partial charge is 0.390 e. The zero-order valence-corrected chi connectivity index (χ0v) is 5.68. The van der Waals surface area contributed by atoms with Crippen molar-refractivity contribution in [1.29, 1.82) is 0 Å². The van der Waals surface area contributed by atoms with Crippen LogP contribution in [0.2, 0.25) is 0 Å². The fraction of sp³-hybridized carbons (Fsp3) is 1.00. The maximum absolute atomic E-state index is 9.15. The summed E-state index contributed by atoms with van der Waals surface area (Å²) in [6.45, 7) is 5.05. The first-order valence-electron chi connectivity index (χ1n) is 2.91. The van der Waals surface area contributed by atoms with Gasteiger partial charge in [0.05, 0.1) is 11.7 Å². The molecular weight excluding hydrogens is 104 g/mol. The highest BCUT2D eigenvalue weighted by Crippen LogP contribution is 2.12. The van der Waals surface area contributed by atoms with Crippen molar-refractivity contribution in [3.05, 3.63) is 0 Å². The standard InChI is InChI=1S/C6H14O2/c1-4-6(3,8)5(2)7/h5,7-8H,4H2,1-3H3/t5-,6+/m1/s1. The van der Waals surface area contributed by atoms with E-state index < -0.39 is 11.7 Å². The molecule has 0 aromatic heterocycles. The zero-order chi connectivity index (χ0) is 6.78. The number of hydrogen-bond acceptors (Lipinski definition) is 2. The first-order valence-corrected chi connectivity index (χ1v) is 2.91. The van der Waals surface area contributed by atoms with Gasteiger partial charge in [-0.1, -0.05) is 6.92 Å². The highest BCUT2D eigenvalue weighted by Gasteiger charge is 2.23. The summed E-state index contributed by atoms with van der Waals surface area (Å²) < 4.78 is 0. The molecule has 0 aromatic rings. The van der Waals surface area contributed by atoms with Crippen molar-refractivity contribution in [2.45, 2.75) is 38.9 Å². The van der Waals surface area contributed by atoms with Crippen LogP contribution in [0.5, 0.6) is 0 Å². The number of hydrogen-bond donors (Lipinski definition) is 2. The molecule has 0 aliphatic heterocycles. The lowest BCUT2D eigenvalue weighted by molar-refractivity contribution is -0.0541. The lowest BCUT2D eigenvalue weighted by Crippen LogP contribution is -2.35. The number of aliphatic hydroxyl groups is 2. The fourth-order valence-electron chi connectivity index (χ4n) is 0.295. The molecular formula is C6H14O2. The third kappa shape index (κ3) is 1.80. The normalized spacial score (nSPS) is 22.1. The van der Waals surface area contributed by atoms with Crippen LogP contribution >= 0.6 is 0 Å². The van der Waals surface area contributed by atoms with E-state index in [1.54, 1.807) is 13.8 Å². The summed E-state index contributed by atoms with van der Waals surface area (Å²) in [6.07, 6.45) is -0.0440. The van der Waals surface area contributed by atoms with Gasteiger partial charge in [0.25, 0.3) is 0 Å².